The molecule has 0 amide bonds. The Balaban J connectivity index is 1.19. The predicted molar refractivity (Wildman–Crippen MR) is 223 cm³/mol. The third-order valence-electron chi connectivity index (χ3n) is 10.7. The Morgan fingerprint density at radius 3 is 2.33 bits per heavy atom. The summed E-state index contributed by atoms with van der Waals surface area (Å²) in [5, 5.41) is 17.3. The van der Waals surface area contributed by atoms with Crippen molar-refractivity contribution in [2.45, 2.75) is 46.8 Å². The van der Waals surface area contributed by atoms with Gasteiger partial charge in [0.2, 0.25) is 0 Å². The first-order valence-electron chi connectivity index (χ1n) is 18.9. The van der Waals surface area contributed by atoms with Crippen molar-refractivity contribution in [2.75, 3.05) is 43.9 Å². The van der Waals surface area contributed by atoms with Crippen molar-refractivity contribution < 1.29 is 28.1 Å². The minimum atomic E-state index is -3.21. The van der Waals surface area contributed by atoms with Crippen LogP contribution >= 0.6 is 11.6 Å². The summed E-state index contributed by atoms with van der Waals surface area (Å²) in [5.74, 6) is 0.396. The fourth-order valence-electron chi connectivity index (χ4n) is 7.75. The molecular weight excluding hydrogens is 764 g/mol. The van der Waals surface area contributed by atoms with Gasteiger partial charge in [-0.3, -0.25) is 9.67 Å². The Morgan fingerprint density at radius 1 is 0.965 bits per heavy atom. The first-order chi connectivity index (χ1) is 27.3. The van der Waals surface area contributed by atoms with Crippen molar-refractivity contribution in [1.29, 1.82) is 0 Å². The zero-order chi connectivity index (χ0) is 40.4. The van der Waals surface area contributed by atoms with E-state index in [0.717, 1.165) is 72.1 Å². The van der Waals surface area contributed by atoms with Crippen molar-refractivity contribution >= 4 is 44.6 Å². The number of carboxylic acids is 1. The van der Waals surface area contributed by atoms with Gasteiger partial charge in [-0.2, -0.15) is 5.10 Å². The Morgan fingerprint density at radius 2 is 1.68 bits per heavy atom. The van der Waals surface area contributed by atoms with E-state index in [4.69, 9.17) is 26.2 Å². The lowest BCUT2D eigenvalue weighted by Crippen LogP contribution is -2.50. The van der Waals surface area contributed by atoms with Gasteiger partial charge in [0.15, 0.2) is 0 Å². The van der Waals surface area contributed by atoms with Gasteiger partial charge in [0.25, 0.3) is 0 Å². The van der Waals surface area contributed by atoms with Crippen molar-refractivity contribution in [2.24, 2.45) is 7.05 Å². The lowest BCUT2D eigenvalue weighted by Gasteiger charge is -2.35. The second kappa shape index (κ2) is 16.7. The molecule has 14 heteroatoms. The number of nitrogens with zero attached hydrogens (tertiary/aromatic N) is 6. The first kappa shape index (κ1) is 40.0. The quantitative estimate of drug-likeness (QED) is 0.0869. The van der Waals surface area contributed by atoms with Crippen molar-refractivity contribution in [3.63, 3.8) is 0 Å². The summed E-state index contributed by atoms with van der Waals surface area (Å²) in [4.78, 5) is 19.7. The average molecular weight is 811 g/mol. The third-order valence-corrected chi connectivity index (χ3v) is 12.6. The summed E-state index contributed by atoms with van der Waals surface area (Å²) < 4.78 is 41.6. The number of halogens is 1. The monoisotopic (exact) mass is 810 g/mol. The van der Waals surface area contributed by atoms with E-state index in [1.165, 1.54) is 10.6 Å². The number of carboxylic acid groups (broad SMARTS) is 1. The van der Waals surface area contributed by atoms with Gasteiger partial charge in [0.1, 0.15) is 46.1 Å². The number of anilines is 1. The smallest absolute Gasteiger partial charge is 0.352 e. The molecule has 3 aromatic heterocycles. The van der Waals surface area contributed by atoms with Crippen LogP contribution < -0.4 is 14.4 Å². The summed E-state index contributed by atoms with van der Waals surface area (Å²) >= 11 is 6.37. The maximum atomic E-state index is 13.2. The van der Waals surface area contributed by atoms with Crippen LogP contribution in [0.4, 0.5) is 5.69 Å². The predicted octanol–water partition coefficient (Wildman–Crippen LogP) is 7.65. The van der Waals surface area contributed by atoms with Gasteiger partial charge in [-0.25, -0.2) is 4.79 Å². The number of para-hydroxylation sites is 1. The topological polar surface area (TPSA) is 138 Å². The van der Waals surface area contributed by atoms with Crippen LogP contribution in [0.15, 0.2) is 79.1 Å². The van der Waals surface area contributed by atoms with Crippen LogP contribution in [0.25, 0.3) is 22.0 Å². The number of hydrogen-bond acceptors (Lipinski definition) is 8. The van der Waals surface area contributed by atoms with E-state index in [0.29, 0.717) is 57.9 Å². The normalized spacial score (nSPS) is 14.5. The summed E-state index contributed by atoms with van der Waals surface area (Å²) in [6, 6.07) is 21.4. The number of benzene rings is 3. The number of pyridine rings is 1. The Bertz CT molecular complexity index is 2430. The van der Waals surface area contributed by atoms with Gasteiger partial charge in [0.05, 0.1) is 25.2 Å². The van der Waals surface area contributed by atoms with Gasteiger partial charge in [-0.15, -0.1) is 4.31 Å². The highest BCUT2D eigenvalue weighted by Crippen LogP contribution is 2.39. The molecule has 298 valence electrons. The fraction of sp³-hybridized carbons (Fsp3) is 0.326. The minimum Gasteiger partial charge on any atom is -0.598 e. The van der Waals surface area contributed by atoms with Crippen molar-refractivity contribution in [3.8, 4) is 22.6 Å². The molecule has 7 rings (SSSR count). The highest BCUT2D eigenvalue weighted by molar-refractivity contribution is 7.94. The molecule has 1 saturated heterocycles. The average Bonchev–Trinajstić information content (AvgIpc) is 3.66. The number of aryl methyl sites for hydroxylation is 4. The van der Waals surface area contributed by atoms with Gasteiger partial charge in [-0.1, -0.05) is 40.1 Å². The van der Waals surface area contributed by atoms with E-state index in [-0.39, 0.29) is 12.3 Å². The van der Waals surface area contributed by atoms with E-state index < -0.39 is 16.4 Å². The van der Waals surface area contributed by atoms with Crippen LogP contribution in [0.2, 0.25) is 5.02 Å². The molecule has 4 heterocycles. The van der Waals surface area contributed by atoms with Crippen LogP contribution in [-0.2, 0) is 41.2 Å². The lowest BCUT2D eigenvalue weighted by atomic mass is 9.98. The van der Waals surface area contributed by atoms with E-state index in [2.05, 4.69) is 9.88 Å². The summed E-state index contributed by atoms with van der Waals surface area (Å²) in [6.45, 7) is 8.92. The first-order valence-corrected chi connectivity index (χ1v) is 21.1. The summed E-state index contributed by atoms with van der Waals surface area (Å²) in [5.41, 5.74) is 8.92. The molecule has 57 heavy (non-hydrogen) atoms. The molecule has 1 fully saturated rings. The molecule has 6 aromatic rings. The minimum absolute atomic E-state index is 0.183. The van der Waals surface area contributed by atoms with Gasteiger partial charge in [0, 0.05) is 72.0 Å². The second-order valence-corrected chi connectivity index (χ2v) is 16.9. The molecule has 3 aromatic carbocycles. The number of fused-ring (bicyclic) bond motifs is 1. The van der Waals surface area contributed by atoms with Crippen LogP contribution in [-0.4, -0.2) is 78.3 Å². The number of rotatable bonds is 14. The highest BCUT2D eigenvalue weighted by Gasteiger charge is 2.29. The molecule has 0 aliphatic carbocycles. The maximum absolute atomic E-state index is 13.2. The Hall–Kier alpha value is -5.21. The van der Waals surface area contributed by atoms with Gasteiger partial charge >= 0.3 is 5.97 Å². The van der Waals surface area contributed by atoms with E-state index in [9.17, 15) is 18.7 Å². The van der Waals surface area contributed by atoms with Crippen LogP contribution in [0.3, 0.4) is 0 Å². The van der Waals surface area contributed by atoms with Crippen LogP contribution in [0.5, 0.6) is 11.5 Å². The van der Waals surface area contributed by atoms with Gasteiger partial charge in [-0.05, 0) is 98.3 Å². The molecule has 1 aliphatic rings. The molecule has 12 nitrogen and oxygen atoms in total. The zero-order valence-electron chi connectivity index (χ0n) is 32.8. The number of ether oxygens (including phenoxy) is 2. The maximum Gasteiger partial charge on any atom is 0.352 e. The lowest BCUT2D eigenvalue weighted by molar-refractivity contribution is 0.0684. The molecule has 1 unspecified atom stereocenters. The second-order valence-electron chi connectivity index (χ2n) is 14.6. The van der Waals surface area contributed by atoms with Crippen LogP contribution in [0.1, 0.15) is 50.6 Å². The molecule has 0 saturated carbocycles. The van der Waals surface area contributed by atoms with Crippen molar-refractivity contribution in [3.05, 3.63) is 123 Å². The van der Waals surface area contributed by atoms with Crippen LogP contribution in [0, 0.1) is 20.8 Å². The van der Waals surface area contributed by atoms with Gasteiger partial charge < -0.3 is 28.6 Å². The fourth-order valence-corrected chi connectivity index (χ4v) is 8.69. The zero-order valence-corrected chi connectivity index (χ0v) is 34.4. The number of hydrogen-bond donors (Lipinski definition) is 1. The van der Waals surface area contributed by atoms with Crippen molar-refractivity contribution in [1.82, 2.24) is 23.6 Å². The molecule has 1 atom stereocenters. The molecule has 0 bridgehead atoms. The van der Waals surface area contributed by atoms with E-state index in [1.54, 1.807) is 12.4 Å². The number of carbonyl (C=O) groups is 1. The third kappa shape index (κ3) is 8.57. The number of aromatic nitrogens is 4. The SMILES string of the molecule is Cc1cc(OCCCc2c(C(=O)O)n(Cc3cccnc3)c3c(-c4c(COc5ccc(N6CCN([S+](C)(=O)[O-])CC6)cc5)nn(C)c4C)cccc23)cc(C)c1Cl. The van der Waals surface area contributed by atoms with E-state index in [1.807, 2.05) is 104 Å². The Labute approximate surface area is 339 Å². The Kier molecular flexibility index (Phi) is 11.7. The summed E-state index contributed by atoms with van der Waals surface area (Å²) in [6.07, 6.45) is 5.80. The molecule has 0 radical (unpaired) electrons. The molecule has 1 N–H and O–H groups in total. The van der Waals surface area contributed by atoms with E-state index >= 15 is 0 Å². The number of piperazine rings is 1. The molecular formula is C43H47ClN6O6S. The molecule has 0 spiro atoms. The largest absolute Gasteiger partial charge is 0.598 e. The highest BCUT2D eigenvalue weighted by atomic mass is 35.5. The number of sulfonamides is 1. The number of aromatic carboxylic acids is 1. The molecule has 1 aliphatic heterocycles. The standard InChI is InChI=1S/C43H47ClN6O6S/c1-28-23-34(24-29(2)40(28)44)55-22-8-12-36-35-10-6-11-37(41(35)50(42(36)43(51)52)26-31-9-7-17-45-25-31)39-30(3)47(4)46-38(39)27-56-33-15-13-32(14-16-33)48-18-20-49(21-19-48)57(5,53)54/h6-7,9-11,13-17,23-25H,8,12,18-22,26-27H2,1-5H3,(H-,51,52,53,54). The summed E-state index contributed by atoms with van der Waals surface area (Å²) in [7, 11) is -1.31.